The zero-order valence-electron chi connectivity index (χ0n) is 16.2. The van der Waals surface area contributed by atoms with Gasteiger partial charge >= 0.3 is 5.97 Å². The molecule has 0 radical (unpaired) electrons. The summed E-state index contributed by atoms with van der Waals surface area (Å²) in [6.07, 6.45) is 2.83. The predicted molar refractivity (Wildman–Crippen MR) is 117 cm³/mol. The fourth-order valence-electron chi connectivity index (χ4n) is 2.81. The van der Waals surface area contributed by atoms with E-state index < -0.39 is 16.8 Å². The maximum absolute atomic E-state index is 12.4. The van der Waals surface area contributed by atoms with Crippen LogP contribution in [-0.2, 0) is 9.53 Å². The van der Waals surface area contributed by atoms with Crippen LogP contribution < -0.4 is 5.32 Å². The van der Waals surface area contributed by atoms with E-state index in [1.165, 1.54) is 42.7 Å². The van der Waals surface area contributed by atoms with Crippen molar-refractivity contribution in [3.05, 3.63) is 86.8 Å². The van der Waals surface area contributed by atoms with Crippen molar-refractivity contribution in [1.29, 1.82) is 0 Å². The number of hydrogen-bond donors (Lipinski definition) is 1. The van der Waals surface area contributed by atoms with Crippen LogP contribution >= 0.6 is 11.3 Å². The number of nitro groups is 1. The predicted octanol–water partition coefficient (Wildman–Crippen LogP) is 5.07. The summed E-state index contributed by atoms with van der Waals surface area (Å²) in [6.45, 7) is 1.96. The van der Waals surface area contributed by atoms with E-state index >= 15 is 0 Å². The number of methoxy groups -OCH3 is 1. The lowest BCUT2D eigenvalue weighted by Crippen LogP contribution is -2.11. The van der Waals surface area contributed by atoms with E-state index in [4.69, 9.17) is 4.74 Å². The Kier molecular flexibility index (Phi) is 6.38. The normalized spacial score (nSPS) is 10.7. The Morgan fingerprint density at radius 1 is 1.17 bits per heavy atom. The van der Waals surface area contributed by atoms with Crippen molar-refractivity contribution in [2.75, 3.05) is 12.4 Å². The summed E-state index contributed by atoms with van der Waals surface area (Å²) in [5.41, 5.74) is 3.49. The Bertz CT molecular complexity index is 1130. The second kappa shape index (κ2) is 9.15. The molecule has 0 saturated heterocycles. The lowest BCUT2D eigenvalue weighted by molar-refractivity contribution is -0.384. The maximum Gasteiger partial charge on any atom is 0.341 e. The number of amides is 1. The number of benzene rings is 2. The van der Waals surface area contributed by atoms with Gasteiger partial charge in [0, 0.05) is 29.2 Å². The zero-order valence-corrected chi connectivity index (χ0v) is 17.1. The Morgan fingerprint density at radius 3 is 2.53 bits per heavy atom. The smallest absolute Gasteiger partial charge is 0.341 e. The molecule has 0 saturated carbocycles. The number of rotatable bonds is 6. The Labute approximate surface area is 176 Å². The molecule has 1 aromatic heterocycles. The maximum atomic E-state index is 12.4. The van der Waals surface area contributed by atoms with E-state index in [9.17, 15) is 19.7 Å². The molecule has 8 heteroatoms. The molecule has 0 fully saturated rings. The monoisotopic (exact) mass is 422 g/mol. The van der Waals surface area contributed by atoms with E-state index in [1.54, 1.807) is 17.5 Å². The lowest BCUT2D eigenvalue weighted by Gasteiger charge is -2.07. The lowest BCUT2D eigenvalue weighted by atomic mass is 10.0. The van der Waals surface area contributed by atoms with E-state index in [2.05, 4.69) is 5.32 Å². The highest BCUT2D eigenvalue weighted by Crippen LogP contribution is 2.36. The van der Waals surface area contributed by atoms with Crippen LogP contribution in [-0.4, -0.2) is 23.9 Å². The van der Waals surface area contributed by atoms with Gasteiger partial charge in [0.2, 0.25) is 5.91 Å². The first-order chi connectivity index (χ1) is 14.4. The SMILES string of the molecule is COC(=O)c1c(-c2cccc(C)c2)csc1NC(=O)/C=C\c1ccc([N+](=O)[O-])cc1. The number of nitrogens with zero attached hydrogens (tertiary/aromatic N) is 1. The topological polar surface area (TPSA) is 98.5 Å². The van der Waals surface area contributed by atoms with Crippen molar-refractivity contribution in [2.45, 2.75) is 6.92 Å². The molecule has 0 aliphatic rings. The number of aryl methyl sites for hydroxylation is 1. The number of nitro benzene ring substituents is 1. The number of carbonyl (C=O) groups excluding carboxylic acids is 2. The Hall–Kier alpha value is -3.78. The van der Waals surface area contributed by atoms with Crippen LogP contribution in [0.25, 0.3) is 17.2 Å². The van der Waals surface area contributed by atoms with Gasteiger partial charge in [-0.2, -0.15) is 0 Å². The van der Waals surface area contributed by atoms with Gasteiger partial charge < -0.3 is 10.1 Å². The van der Waals surface area contributed by atoms with Crippen molar-refractivity contribution in [3.8, 4) is 11.1 Å². The zero-order chi connectivity index (χ0) is 21.7. The van der Waals surface area contributed by atoms with E-state index in [1.807, 2.05) is 31.2 Å². The molecule has 2 aromatic carbocycles. The first-order valence-electron chi connectivity index (χ1n) is 8.89. The standard InChI is InChI=1S/C22H18N2O5S/c1-14-4-3-5-16(12-14)18-13-30-21(20(18)22(26)29-2)23-19(25)11-8-15-6-9-17(10-7-15)24(27)28/h3-13H,1-2H3,(H,23,25)/b11-8-. The van der Waals surface area contributed by atoms with Crippen LogP contribution in [0.2, 0.25) is 0 Å². The van der Waals surface area contributed by atoms with Gasteiger partial charge in [0.05, 0.1) is 12.0 Å². The first-order valence-corrected chi connectivity index (χ1v) is 9.77. The summed E-state index contributed by atoms with van der Waals surface area (Å²) in [4.78, 5) is 35.0. The van der Waals surface area contributed by atoms with Crippen LogP contribution in [0.15, 0.2) is 60.0 Å². The van der Waals surface area contributed by atoms with Crippen molar-refractivity contribution >= 4 is 40.0 Å². The van der Waals surface area contributed by atoms with Crippen LogP contribution in [0.1, 0.15) is 21.5 Å². The van der Waals surface area contributed by atoms with Gasteiger partial charge in [-0.25, -0.2) is 4.79 Å². The first kappa shape index (κ1) is 20.9. The molecule has 7 nitrogen and oxygen atoms in total. The van der Waals surface area contributed by atoms with Crippen molar-refractivity contribution in [2.24, 2.45) is 0 Å². The van der Waals surface area contributed by atoms with Gasteiger partial charge in [0.25, 0.3) is 5.69 Å². The summed E-state index contributed by atoms with van der Waals surface area (Å²) in [6, 6.07) is 13.5. The van der Waals surface area contributed by atoms with Crippen molar-refractivity contribution in [1.82, 2.24) is 0 Å². The number of non-ortho nitro benzene ring substituents is 1. The van der Waals surface area contributed by atoms with E-state index in [-0.39, 0.29) is 5.69 Å². The summed E-state index contributed by atoms with van der Waals surface area (Å²) in [5.74, 6) is -0.974. The molecular weight excluding hydrogens is 404 g/mol. The number of hydrogen-bond acceptors (Lipinski definition) is 6. The van der Waals surface area contributed by atoms with Crippen LogP contribution in [0.5, 0.6) is 0 Å². The second-order valence-electron chi connectivity index (χ2n) is 6.39. The minimum Gasteiger partial charge on any atom is -0.465 e. The molecule has 1 amide bonds. The van der Waals surface area contributed by atoms with Crippen molar-refractivity contribution in [3.63, 3.8) is 0 Å². The van der Waals surface area contributed by atoms with Gasteiger partial charge in [0.1, 0.15) is 10.6 Å². The fourth-order valence-corrected chi connectivity index (χ4v) is 3.77. The quantitative estimate of drug-likeness (QED) is 0.259. The van der Waals surface area contributed by atoms with Crippen LogP contribution in [0.4, 0.5) is 10.7 Å². The molecule has 0 bridgehead atoms. The third-order valence-electron chi connectivity index (χ3n) is 4.28. The minimum absolute atomic E-state index is 0.0263. The number of thiophene rings is 1. The third-order valence-corrected chi connectivity index (χ3v) is 5.17. The number of ether oxygens (including phenoxy) is 1. The van der Waals surface area contributed by atoms with Gasteiger partial charge in [0.15, 0.2) is 0 Å². The van der Waals surface area contributed by atoms with Gasteiger partial charge in [-0.3, -0.25) is 14.9 Å². The van der Waals surface area contributed by atoms with Crippen LogP contribution in [0, 0.1) is 17.0 Å². The van der Waals surface area contributed by atoms with Crippen LogP contribution in [0.3, 0.4) is 0 Å². The molecule has 1 heterocycles. The molecular formula is C22H18N2O5S. The number of esters is 1. The second-order valence-corrected chi connectivity index (χ2v) is 7.27. The van der Waals surface area contributed by atoms with E-state index in [0.717, 1.165) is 11.1 Å². The molecule has 152 valence electrons. The number of carbonyl (C=O) groups is 2. The highest BCUT2D eigenvalue weighted by molar-refractivity contribution is 7.15. The van der Waals surface area contributed by atoms with Gasteiger partial charge in [-0.1, -0.05) is 29.8 Å². The van der Waals surface area contributed by atoms with Gasteiger partial charge in [-0.15, -0.1) is 11.3 Å². The largest absolute Gasteiger partial charge is 0.465 e. The minimum atomic E-state index is -0.539. The molecule has 0 atom stereocenters. The highest BCUT2D eigenvalue weighted by atomic mass is 32.1. The van der Waals surface area contributed by atoms with E-state index in [0.29, 0.717) is 21.7 Å². The Morgan fingerprint density at radius 2 is 1.90 bits per heavy atom. The van der Waals surface area contributed by atoms with Crippen molar-refractivity contribution < 1.29 is 19.2 Å². The summed E-state index contributed by atoms with van der Waals surface area (Å²) < 4.78 is 4.91. The highest BCUT2D eigenvalue weighted by Gasteiger charge is 2.22. The summed E-state index contributed by atoms with van der Waals surface area (Å²) in [7, 11) is 1.29. The van der Waals surface area contributed by atoms with Gasteiger partial charge in [-0.05, 0) is 36.3 Å². The molecule has 0 aliphatic heterocycles. The third kappa shape index (κ3) is 4.79. The summed E-state index contributed by atoms with van der Waals surface area (Å²) >= 11 is 1.23. The average Bonchev–Trinajstić information content (AvgIpc) is 3.15. The molecule has 0 aliphatic carbocycles. The molecule has 0 spiro atoms. The molecule has 3 aromatic rings. The molecule has 3 rings (SSSR count). The molecule has 1 N–H and O–H groups in total. The molecule has 0 unspecified atom stereocenters. The average molecular weight is 422 g/mol. The fraction of sp³-hybridized carbons (Fsp3) is 0.0909. The molecule has 30 heavy (non-hydrogen) atoms. The Balaban J connectivity index is 1.82. The summed E-state index contributed by atoms with van der Waals surface area (Å²) in [5, 5.41) is 15.6. The number of nitrogens with one attached hydrogen (secondary N) is 1. The number of anilines is 1.